The Morgan fingerprint density at radius 1 is 1.62 bits per heavy atom. The Morgan fingerprint density at radius 3 is 2.62 bits per heavy atom. The van der Waals surface area contributed by atoms with Crippen LogP contribution in [0.3, 0.4) is 0 Å². The third kappa shape index (κ3) is 1.84. The molecular formula is C9H13N3O. The minimum absolute atomic E-state index is 0.528. The number of nitrogens with zero attached hydrogens (tertiary/aromatic N) is 3. The zero-order chi connectivity index (χ0) is 10.1. The molecule has 13 heavy (non-hydrogen) atoms. The molecule has 0 spiro atoms. The van der Waals surface area contributed by atoms with Crippen LogP contribution in [-0.2, 0) is 17.4 Å². The molecule has 4 nitrogen and oxygen atoms in total. The van der Waals surface area contributed by atoms with Gasteiger partial charge in [0.25, 0.3) is 0 Å². The molecule has 4 heteroatoms. The zero-order valence-electron chi connectivity index (χ0n) is 8.33. The fraction of sp³-hybridized carbons (Fsp3) is 0.556. The second-order valence-corrected chi connectivity index (χ2v) is 3.56. The van der Waals surface area contributed by atoms with Gasteiger partial charge in [0.2, 0.25) is 6.08 Å². The maximum Gasteiger partial charge on any atom is 0.235 e. The van der Waals surface area contributed by atoms with E-state index in [4.69, 9.17) is 0 Å². The summed E-state index contributed by atoms with van der Waals surface area (Å²) in [6, 6.07) is 0. The molecule has 1 rings (SSSR count). The predicted molar refractivity (Wildman–Crippen MR) is 49.1 cm³/mol. The molecule has 0 aliphatic carbocycles. The van der Waals surface area contributed by atoms with Gasteiger partial charge in [-0.3, -0.25) is 4.68 Å². The van der Waals surface area contributed by atoms with Gasteiger partial charge >= 0.3 is 0 Å². The zero-order valence-corrected chi connectivity index (χ0v) is 8.33. The van der Waals surface area contributed by atoms with E-state index in [1.54, 1.807) is 10.8 Å². The molecule has 70 valence electrons. The van der Waals surface area contributed by atoms with Gasteiger partial charge in [0.1, 0.15) is 0 Å². The molecular weight excluding hydrogens is 166 g/mol. The van der Waals surface area contributed by atoms with Crippen LogP contribution in [0.5, 0.6) is 0 Å². The molecule has 0 fully saturated rings. The van der Waals surface area contributed by atoms with Crippen molar-refractivity contribution < 1.29 is 4.79 Å². The number of aromatic nitrogens is 2. The molecule has 0 aromatic carbocycles. The summed E-state index contributed by atoms with van der Waals surface area (Å²) in [6.45, 7) is 5.63. The molecule has 0 radical (unpaired) electrons. The van der Waals surface area contributed by atoms with Gasteiger partial charge in [0.05, 0.1) is 11.2 Å². The number of hydrogen-bond acceptors (Lipinski definition) is 3. The third-order valence-electron chi connectivity index (χ3n) is 2.00. The summed E-state index contributed by atoms with van der Waals surface area (Å²) in [7, 11) is 1.84. The van der Waals surface area contributed by atoms with Crippen molar-refractivity contribution in [3.05, 3.63) is 17.5 Å². The molecule has 0 unspecified atom stereocenters. The van der Waals surface area contributed by atoms with E-state index in [2.05, 4.69) is 10.1 Å². The largest absolute Gasteiger partial charge is 0.275 e. The normalized spacial score (nSPS) is 11.1. The monoisotopic (exact) mass is 179 g/mol. The quantitative estimate of drug-likeness (QED) is 0.507. The van der Waals surface area contributed by atoms with Crippen molar-refractivity contribution in [2.24, 2.45) is 12.0 Å². The van der Waals surface area contributed by atoms with Crippen molar-refractivity contribution in [2.45, 2.75) is 26.3 Å². The summed E-state index contributed by atoms with van der Waals surface area (Å²) in [5.41, 5.74) is 1.32. The highest BCUT2D eigenvalue weighted by molar-refractivity contribution is 5.37. The lowest BCUT2D eigenvalue weighted by molar-refractivity contribution is 0.521. The summed E-state index contributed by atoms with van der Waals surface area (Å²) in [6.07, 6.45) is 3.45. The molecule has 0 amide bonds. The number of aryl methyl sites for hydroxylation is 2. The molecule has 0 bridgehead atoms. The summed E-state index contributed by atoms with van der Waals surface area (Å²) >= 11 is 0. The van der Waals surface area contributed by atoms with Gasteiger partial charge in [-0.25, -0.2) is 4.79 Å². The summed E-state index contributed by atoms with van der Waals surface area (Å²) in [4.78, 5) is 13.9. The van der Waals surface area contributed by atoms with Gasteiger partial charge in [-0.15, -0.1) is 0 Å². The molecule has 0 atom stereocenters. The van der Waals surface area contributed by atoms with E-state index >= 15 is 0 Å². The van der Waals surface area contributed by atoms with E-state index in [0.29, 0.717) is 0 Å². The SMILES string of the molecule is Cc1nn(C)cc1C(C)(C)N=C=O. The lowest BCUT2D eigenvalue weighted by Gasteiger charge is -2.15. The molecule has 0 N–H and O–H groups in total. The molecule has 0 saturated carbocycles. The van der Waals surface area contributed by atoms with E-state index in [-0.39, 0.29) is 0 Å². The minimum Gasteiger partial charge on any atom is -0.275 e. The van der Waals surface area contributed by atoms with Crippen LogP contribution < -0.4 is 0 Å². The molecule has 0 aliphatic rings. The first-order valence-electron chi connectivity index (χ1n) is 4.07. The van der Waals surface area contributed by atoms with Crippen LogP contribution in [0.25, 0.3) is 0 Å². The van der Waals surface area contributed by atoms with Crippen LogP contribution in [0.1, 0.15) is 25.1 Å². The Bertz CT molecular complexity index is 359. The van der Waals surface area contributed by atoms with Crippen molar-refractivity contribution >= 4 is 6.08 Å². The van der Waals surface area contributed by atoms with Crippen molar-refractivity contribution in [3.63, 3.8) is 0 Å². The first kappa shape index (κ1) is 9.68. The van der Waals surface area contributed by atoms with Crippen LogP contribution in [0.4, 0.5) is 0 Å². The molecule has 0 aliphatic heterocycles. The molecule has 1 aromatic heterocycles. The van der Waals surface area contributed by atoms with Crippen LogP contribution >= 0.6 is 0 Å². The van der Waals surface area contributed by atoms with E-state index in [1.807, 2.05) is 34.0 Å². The predicted octanol–water partition coefficient (Wildman–Crippen LogP) is 1.30. The Morgan fingerprint density at radius 2 is 2.23 bits per heavy atom. The van der Waals surface area contributed by atoms with E-state index < -0.39 is 5.54 Å². The molecule has 1 aromatic rings. The lowest BCUT2D eigenvalue weighted by atomic mass is 9.96. The number of carbonyl (C=O) groups excluding carboxylic acids is 1. The maximum absolute atomic E-state index is 10.2. The van der Waals surface area contributed by atoms with Gasteiger partial charge < -0.3 is 0 Å². The summed E-state index contributed by atoms with van der Waals surface area (Å²) in [5.74, 6) is 0. The number of isocyanates is 1. The average Bonchev–Trinajstić information content (AvgIpc) is 2.30. The summed E-state index contributed by atoms with van der Waals surface area (Å²) in [5, 5.41) is 4.19. The first-order valence-corrected chi connectivity index (χ1v) is 4.07. The molecule has 1 heterocycles. The van der Waals surface area contributed by atoms with Crippen LogP contribution in [0.2, 0.25) is 0 Å². The smallest absolute Gasteiger partial charge is 0.235 e. The maximum atomic E-state index is 10.2. The van der Waals surface area contributed by atoms with Crippen LogP contribution in [0.15, 0.2) is 11.2 Å². The highest BCUT2D eigenvalue weighted by atomic mass is 16.1. The standard InChI is InChI=1S/C9H13N3O/c1-7-8(5-12(4)11-7)9(2,3)10-6-13/h5H,1-4H3. The second kappa shape index (κ2) is 3.15. The number of rotatable bonds is 2. The van der Waals surface area contributed by atoms with Gasteiger partial charge in [-0.05, 0) is 20.8 Å². The second-order valence-electron chi connectivity index (χ2n) is 3.56. The van der Waals surface area contributed by atoms with Gasteiger partial charge in [0.15, 0.2) is 0 Å². The highest BCUT2D eigenvalue weighted by Crippen LogP contribution is 2.25. The van der Waals surface area contributed by atoms with Crippen molar-refractivity contribution in [2.75, 3.05) is 0 Å². The number of aliphatic imine (C=N–C) groups is 1. The third-order valence-corrected chi connectivity index (χ3v) is 2.00. The Balaban J connectivity index is 3.20. The summed E-state index contributed by atoms with van der Waals surface area (Å²) < 4.78 is 1.72. The first-order chi connectivity index (χ1) is 5.97. The molecule has 0 saturated heterocycles. The van der Waals surface area contributed by atoms with Crippen molar-refractivity contribution in [1.29, 1.82) is 0 Å². The fourth-order valence-corrected chi connectivity index (χ4v) is 1.37. The van der Waals surface area contributed by atoms with Gasteiger partial charge in [-0.2, -0.15) is 10.1 Å². The average molecular weight is 179 g/mol. The lowest BCUT2D eigenvalue weighted by Crippen LogP contribution is -2.13. The van der Waals surface area contributed by atoms with Crippen LogP contribution in [-0.4, -0.2) is 15.9 Å². The fourth-order valence-electron chi connectivity index (χ4n) is 1.37. The van der Waals surface area contributed by atoms with Crippen LogP contribution in [0, 0.1) is 6.92 Å². The van der Waals surface area contributed by atoms with E-state index in [1.165, 1.54) is 0 Å². The van der Waals surface area contributed by atoms with E-state index in [9.17, 15) is 4.79 Å². The van der Waals surface area contributed by atoms with Gasteiger partial charge in [0, 0.05) is 18.8 Å². The number of hydrogen-bond donors (Lipinski definition) is 0. The highest BCUT2D eigenvalue weighted by Gasteiger charge is 2.23. The minimum atomic E-state index is -0.528. The Labute approximate surface area is 77.3 Å². The topological polar surface area (TPSA) is 47.2 Å². The van der Waals surface area contributed by atoms with Crippen molar-refractivity contribution in [1.82, 2.24) is 9.78 Å². The van der Waals surface area contributed by atoms with Gasteiger partial charge in [-0.1, -0.05) is 0 Å². The van der Waals surface area contributed by atoms with Crippen molar-refractivity contribution in [3.8, 4) is 0 Å². The Hall–Kier alpha value is -1.41. The van der Waals surface area contributed by atoms with E-state index in [0.717, 1.165) is 11.3 Å². The Kier molecular flexibility index (Phi) is 2.34.